The fourth-order valence-electron chi connectivity index (χ4n) is 3.05. The molecule has 1 aliphatic carbocycles. The predicted molar refractivity (Wildman–Crippen MR) is 115 cm³/mol. The molecule has 0 saturated heterocycles. The number of amides is 1. The van der Waals surface area contributed by atoms with Crippen LogP contribution in [-0.2, 0) is 24.3 Å². The number of esters is 1. The molecule has 0 aliphatic heterocycles. The number of sulfonamides is 1. The molecule has 0 heterocycles. The van der Waals surface area contributed by atoms with Crippen LogP contribution in [0.2, 0.25) is 5.02 Å². The van der Waals surface area contributed by atoms with Gasteiger partial charge in [-0.05, 0) is 49.6 Å². The van der Waals surface area contributed by atoms with Gasteiger partial charge in [0.25, 0.3) is 15.9 Å². The smallest absolute Gasteiger partial charge is 0.309 e. The van der Waals surface area contributed by atoms with Gasteiger partial charge in [-0.15, -0.1) is 0 Å². The minimum atomic E-state index is -3.88. The van der Waals surface area contributed by atoms with Crippen LogP contribution >= 0.6 is 11.6 Å². The summed E-state index contributed by atoms with van der Waals surface area (Å²) in [5.41, 5.74) is 0.657. The van der Waals surface area contributed by atoms with Gasteiger partial charge in [-0.1, -0.05) is 36.7 Å². The average Bonchev–Trinajstić information content (AvgIpc) is 3.45. The molecule has 0 unspecified atom stereocenters. The van der Waals surface area contributed by atoms with Gasteiger partial charge in [-0.25, -0.2) is 8.42 Å². The zero-order chi connectivity index (χ0) is 21.9. The molecule has 0 spiro atoms. The second-order valence-corrected chi connectivity index (χ2v) is 9.39. The van der Waals surface area contributed by atoms with Crippen LogP contribution in [0.5, 0.6) is 0 Å². The molecule has 0 aromatic heterocycles. The van der Waals surface area contributed by atoms with Crippen molar-refractivity contribution in [1.82, 2.24) is 0 Å². The maximum Gasteiger partial charge on any atom is 0.309 e. The number of nitrogens with one attached hydrogen (secondary N) is 1. The molecule has 1 saturated carbocycles. The Kier molecular flexibility index (Phi) is 6.67. The maximum absolute atomic E-state index is 13.1. The Balaban J connectivity index is 1.75. The summed E-state index contributed by atoms with van der Waals surface area (Å²) in [5, 5.41) is 2.69. The van der Waals surface area contributed by atoms with Crippen molar-refractivity contribution >= 4 is 44.9 Å². The van der Waals surface area contributed by atoms with E-state index in [1.54, 1.807) is 37.3 Å². The highest BCUT2D eigenvalue weighted by Crippen LogP contribution is 2.38. The summed E-state index contributed by atoms with van der Waals surface area (Å²) in [7, 11) is -3.88. The molecule has 2 atom stereocenters. The van der Waals surface area contributed by atoms with E-state index in [2.05, 4.69) is 5.32 Å². The van der Waals surface area contributed by atoms with Crippen LogP contribution in [0.1, 0.15) is 20.3 Å². The van der Waals surface area contributed by atoms with E-state index in [0.29, 0.717) is 5.69 Å². The monoisotopic (exact) mass is 450 g/mol. The summed E-state index contributed by atoms with van der Waals surface area (Å²) >= 11 is 6.13. The summed E-state index contributed by atoms with van der Waals surface area (Å²) in [4.78, 5) is 23.9. The van der Waals surface area contributed by atoms with E-state index < -0.39 is 28.5 Å². The fraction of sp³-hybridized carbons (Fsp3) is 0.333. The van der Waals surface area contributed by atoms with Crippen molar-refractivity contribution in [3.63, 3.8) is 0 Å². The van der Waals surface area contributed by atoms with E-state index in [1.165, 1.54) is 22.5 Å². The van der Waals surface area contributed by atoms with Crippen LogP contribution in [0.15, 0.2) is 53.4 Å². The second kappa shape index (κ2) is 9.06. The van der Waals surface area contributed by atoms with Crippen molar-refractivity contribution in [1.29, 1.82) is 0 Å². The van der Waals surface area contributed by atoms with Crippen LogP contribution in [0.4, 0.5) is 11.4 Å². The highest BCUT2D eigenvalue weighted by Gasteiger charge is 2.40. The summed E-state index contributed by atoms with van der Waals surface area (Å²) in [6.45, 7) is 3.44. The normalized spacial score (nSPS) is 17.8. The van der Waals surface area contributed by atoms with E-state index in [1.807, 2.05) is 6.92 Å². The van der Waals surface area contributed by atoms with Gasteiger partial charge in [0.2, 0.25) is 0 Å². The third kappa shape index (κ3) is 4.94. The lowest BCUT2D eigenvalue weighted by molar-refractivity contribution is -0.148. The first-order valence-electron chi connectivity index (χ1n) is 9.58. The Morgan fingerprint density at radius 1 is 1.20 bits per heavy atom. The number of anilines is 2. The standard InChI is InChI=1S/C21H23ClN2O5S/c1-3-24(15-7-5-4-6-8-15)30(27,28)16-9-10-18(22)19(12-16)23-20(25)13-29-21(26)17-11-14(17)2/h4-10,12,14,17H,3,11,13H2,1-2H3,(H,23,25)/t14-,17+/m0/s1. The minimum absolute atomic E-state index is 0.0169. The number of hydrogen-bond acceptors (Lipinski definition) is 5. The lowest BCUT2D eigenvalue weighted by Gasteiger charge is -2.23. The molecule has 9 heteroatoms. The molecule has 0 bridgehead atoms. The second-order valence-electron chi connectivity index (χ2n) is 7.12. The number of para-hydroxylation sites is 1. The van der Waals surface area contributed by atoms with Gasteiger partial charge in [-0.2, -0.15) is 0 Å². The molecule has 1 amide bonds. The van der Waals surface area contributed by atoms with Gasteiger partial charge in [0.15, 0.2) is 6.61 Å². The van der Waals surface area contributed by atoms with Crippen molar-refractivity contribution in [3.05, 3.63) is 53.6 Å². The molecule has 0 radical (unpaired) electrons. The van der Waals surface area contributed by atoms with Crippen LogP contribution in [-0.4, -0.2) is 33.4 Å². The van der Waals surface area contributed by atoms with Crippen LogP contribution < -0.4 is 9.62 Å². The van der Waals surface area contributed by atoms with E-state index in [9.17, 15) is 18.0 Å². The molecule has 1 N–H and O–H groups in total. The lowest BCUT2D eigenvalue weighted by Crippen LogP contribution is -2.30. The zero-order valence-electron chi connectivity index (χ0n) is 16.7. The third-order valence-corrected chi connectivity index (χ3v) is 7.12. The van der Waals surface area contributed by atoms with E-state index in [4.69, 9.17) is 16.3 Å². The number of carbonyl (C=O) groups excluding carboxylic acids is 2. The zero-order valence-corrected chi connectivity index (χ0v) is 18.2. The first kappa shape index (κ1) is 22.1. The van der Waals surface area contributed by atoms with Crippen LogP contribution in [0.3, 0.4) is 0 Å². The number of nitrogens with zero attached hydrogens (tertiary/aromatic N) is 1. The van der Waals surface area contributed by atoms with Crippen molar-refractivity contribution < 1.29 is 22.7 Å². The number of hydrogen-bond donors (Lipinski definition) is 1. The molecule has 3 rings (SSSR count). The molecule has 1 fully saturated rings. The number of ether oxygens (including phenoxy) is 1. The van der Waals surface area contributed by atoms with Gasteiger partial charge < -0.3 is 10.1 Å². The minimum Gasteiger partial charge on any atom is -0.455 e. The van der Waals surface area contributed by atoms with Gasteiger partial charge in [0.1, 0.15) is 0 Å². The Morgan fingerprint density at radius 3 is 2.47 bits per heavy atom. The molecular formula is C21H23ClN2O5S. The third-order valence-electron chi connectivity index (χ3n) is 4.89. The molecule has 2 aromatic carbocycles. The van der Waals surface area contributed by atoms with Gasteiger partial charge in [0.05, 0.1) is 27.2 Å². The van der Waals surface area contributed by atoms with Crippen molar-refractivity contribution in [3.8, 4) is 0 Å². The summed E-state index contributed by atoms with van der Waals surface area (Å²) in [6.07, 6.45) is 0.765. The van der Waals surface area contributed by atoms with E-state index in [0.717, 1.165) is 6.42 Å². The van der Waals surface area contributed by atoms with Gasteiger partial charge in [-0.3, -0.25) is 13.9 Å². The molecule has 1 aliphatic rings. The van der Waals surface area contributed by atoms with Crippen molar-refractivity contribution in [2.45, 2.75) is 25.2 Å². The Bertz CT molecular complexity index is 1040. The summed E-state index contributed by atoms with van der Waals surface area (Å²) < 4.78 is 32.5. The van der Waals surface area contributed by atoms with E-state index >= 15 is 0 Å². The molecule has 2 aromatic rings. The SMILES string of the molecule is CCN(c1ccccc1)S(=O)(=O)c1ccc(Cl)c(NC(=O)COC(=O)[C@@H]2C[C@@H]2C)c1. The Labute approximate surface area is 181 Å². The molecule has 30 heavy (non-hydrogen) atoms. The van der Waals surface area contributed by atoms with Crippen molar-refractivity contribution in [2.24, 2.45) is 11.8 Å². The number of rotatable bonds is 8. The first-order chi connectivity index (χ1) is 14.2. The summed E-state index contributed by atoms with van der Waals surface area (Å²) in [6, 6.07) is 12.8. The van der Waals surface area contributed by atoms with E-state index in [-0.39, 0.29) is 34.0 Å². The Morgan fingerprint density at radius 2 is 1.87 bits per heavy atom. The largest absolute Gasteiger partial charge is 0.455 e. The first-order valence-corrected chi connectivity index (χ1v) is 11.4. The fourth-order valence-corrected chi connectivity index (χ4v) is 4.72. The summed E-state index contributed by atoms with van der Waals surface area (Å²) in [5.74, 6) is -0.860. The quantitative estimate of drug-likeness (QED) is 0.619. The van der Waals surface area contributed by atoms with Crippen LogP contribution in [0, 0.1) is 11.8 Å². The highest BCUT2D eigenvalue weighted by atomic mass is 35.5. The topological polar surface area (TPSA) is 92.8 Å². The predicted octanol–water partition coefficient (Wildman–Crippen LogP) is 3.69. The maximum atomic E-state index is 13.1. The number of carbonyl (C=O) groups is 2. The molecule has 160 valence electrons. The lowest BCUT2D eigenvalue weighted by atomic mass is 10.3. The van der Waals surface area contributed by atoms with Crippen molar-refractivity contribution in [2.75, 3.05) is 22.8 Å². The van der Waals surface area contributed by atoms with Gasteiger partial charge >= 0.3 is 5.97 Å². The van der Waals surface area contributed by atoms with Crippen LogP contribution in [0.25, 0.3) is 0 Å². The average molecular weight is 451 g/mol. The Hall–Kier alpha value is -2.58. The highest BCUT2D eigenvalue weighted by molar-refractivity contribution is 7.92. The molecular weight excluding hydrogens is 428 g/mol. The molecule has 7 nitrogen and oxygen atoms in total. The number of halogens is 1. The number of benzene rings is 2. The van der Waals surface area contributed by atoms with Gasteiger partial charge in [0, 0.05) is 6.54 Å².